The number of thiophene rings is 1. The number of benzene rings is 1. The van der Waals surface area contributed by atoms with Crippen molar-refractivity contribution in [2.24, 2.45) is 0 Å². The predicted molar refractivity (Wildman–Crippen MR) is 84.8 cm³/mol. The van der Waals surface area contributed by atoms with Crippen LogP contribution in [0.5, 0.6) is 11.5 Å². The molecule has 0 aliphatic carbocycles. The van der Waals surface area contributed by atoms with Gasteiger partial charge in [0.2, 0.25) is 0 Å². The molecule has 1 aromatic heterocycles. The fraction of sp³-hybridized carbons (Fsp3) is 0.333. The van der Waals surface area contributed by atoms with Crippen LogP contribution in [-0.4, -0.2) is 14.2 Å². The van der Waals surface area contributed by atoms with Crippen molar-refractivity contribution in [2.75, 3.05) is 14.2 Å². The Morgan fingerprint density at radius 3 is 2.90 bits per heavy atom. The summed E-state index contributed by atoms with van der Waals surface area (Å²) >= 11 is 5.32. The molecule has 3 nitrogen and oxygen atoms in total. The van der Waals surface area contributed by atoms with Crippen molar-refractivity contribution in [1.29, 1.82) is 0 Å². The van der Waals surface area contributed by atoms with Crippen LogP contribution in [0.2, 0.25) is 0 Å². The lowest BCUT2D eigenvalue weighted by molar-refractivity contribution is 0.156. The number of fused-ring (bicyclic) bond motifs is 1. The van der Waals surface area contributed by atoms with E-state index in [1.807, 2.05) is 19.2 Å². The van der Waals surface area contributed by atoms with E-state index in [-0.39, 0.29) is 6.10 Å². The van der Waals surface area contributed by atoms with Gasteiger partial charge in [0.1, 0.15) is 17.6 Å². The van der Waals surface area contributed by atoms with Gasteiger partial charge in [-0.3, -0.25) is 0 Å². The first-order chi connectivity index (χ1) is 9.72. The second-order valence-electron chi connectivity index (χ2n) is 4.72. The Bertz CT molecular complexity index is 614. The molecule has 2 heterocycles. The van der Waals surface area contributed by atoms with Crippen LogP contribution >= 0.6 is 27.3 Å². The molecule has 5 heteroatoms. The molecule has 0 saturated heterocycles. The Morgan fingerprint density at radius 1 is 1.40 bits per heavy atom. The minimum Gasteiger partial charge on any atom is -0.497 e. The van der Waals surface area contributed by atoms with Crippen molar-refractivity contribution in [3.05, 3.63) is 44.6 Å². The van der Waals surface area contributed by atoms with Crippen LogP contribution in [0.1, 0.15) is 29.0 Å². The quantitative estimate of drug-likeness (QED) is 0.891. The van der Waals surface area contributed by atoms with Gasteiger partial charge in [-0.2, -0.15) is 0 Å². The van der Waals surface area contributed by atoms with Crippen molar-refractivity contribution < 1.29 is 9.47 Å². The SMILES string of the molecule is CNC1CC(c2sccc2Br)Oc2cc(OC)ccc21. The lowest BCUT2D eigenvalue weighted by atomic mass is 9.96. The molecule has 2 unspecified atom stereocenters. The zero-order chi connectivity index (χ0) is 14.1. The Morgan fingerprint density at radius 2 is 2.25 bits per heavy atom. The molecule has 106 valence electrons. The molecule has 20 heavy (non-hydrogen) atoms. The molecule has 2 aromatic rings. The highest BCUT2D eigenvalue weighted by atomic mass is 79.9. The molecule has 0 fully saturated rings. The van der Waals surface area contributed by atoms with Crippen LogP contribution in [0, 0.1) is 0 Å². The third-order valence-corrected chi connectivity index (χ3v) is 5.56. The van der Waals surface area contributed by atoms with Crippen LogP contribution in [0.25, 0.3) is 0 Å². The minimum absolute atomic E-state index is 0.0708. The molecule has 3 rings (SSSR count). The number of halogens is 1. The van der Waals surface area contributed by atoms with Gasteiger partial charge in [0.15, 0.2) is 0 Å². The molecule has 2 atom stereocenters. The van der Waals surface area contributed by atoms with Gasteiger partial charge in [0.05, 0.1) is 12.0 Å². The molecule has 0 amide bonds. The Balaban J connectivity index is 1.98. The van der Waals surface area contributed by atoms with Gasteiger partial charge in [-0.25, -0.2) is 0 Å². The number of rotatable bonds is 3. The maximum Gasteiger partial charge on any atom is 0.136 e. The molecule has 1 aliphatic heterocycles. The van der Waals surface area contributed by atoms with E-state index in [4.69, 9.17) is 9.47 Å². The Labute approximate surface area is 131 Å². The number of methoxy groups -OCH3 is 1. The summed E-state index contributed by atoms with van der Waals surface area (Å²) in [5.74, 6) is 1.73. The Hall–Kier alpha value is -1.04. The number of hydrogen-bond acceptors (Lipinski definition) is 4. The summed E-state index contributed by atoms with van der Waals surface area (Å²) in [7, 11) is 3.66. The van der Waals surface area contributed by atoms with Crippen molar-refractivity contribution in [2.45, 2.75) is 18.6 Å². The number of nitrogens with one attached hydrogen (secondary N) is 1. The predicted octanol–water partition coefficient (Wildman–Crippen LogP) is 4.30. The first-order valence-electron chi connectivity index (χ1n) is 6.47. The maximum atomic E-state index is 6.19. The van der Waals surface area contributed by atoms with Crippen molar-refractivity contribution >= 4 is 27.3 Å². The molecule has 1 N–H and O–H groups in total. The summed E-state index contributed by atoms with van der Waals surface area (Å²) in [6.07, 6.45) is 0.996. The van der Waals surface area contributed by atoms with Crippen LogP contribution in [0.15, 0.2) is 34.1 Å². The smallest absolute Gasteiger partial charge is 0.136 e. The van der Waals surface area contributed by atoms with Gasteiger partial charge in [0, 0.05) is 28.6 Å². The highest BCUT2D eigenvalue weighted by Gasteiger charge is 2.30. The zero-order valence-corrected chi connectivity index (χ0v) is 13.8. The fourth-order valence-electron chi connectivity index (χ4n) is 2.54. The highest BCUT2D eigenvalue weighted by Crippen LogP contribution is 2.44. The van der Waals surface area contributed by atoms with E-state index < -0.39 is 0 Å². The first kappa shape index (κ1) is 13.9. The van der Waals surface area contributed by atoms with Gasteiger partial charge in [-0.05, 0) is 40.5 Å². The normalized spacial score (nSPS) is 21.1. The van der Waals surface area contributed by atoms with Gasteiger partial charge in [0.25, 0.3) is 0 Å². The minimum atomic E-state index is 0.0708. The third kappa shape index (κ3) is 2.45. The summed E-state index contributed by atoms with van der Waals surface area (Å²) in [5, 5.41) is 5.46. The molecular weight excluding hydrogens is 338 g/mol. The average molecular weight is 354 g/mol. The van der Waals surface area contributed by atoms with Crippen molar-refractivity contribution in [3.8, 4) is 11.5 Å². The Kier molecular flexibility index (Phi) is 4.01. The topological polar surface area (TPSA) is 30.5 Å². The van der Waals surface area contributed by atoms with Crippen LogP contribution in [0.4, 0.5) is 0 Å². The summed E-state index contributed by atoms with van der Waals surface area (Å²) in [6, 6.07) is 8.39. The van der Waals surface area contributed by atoms with E-state index in [9.17, 15) is 0 Å². The molecule has 0 bridgehead atoms. The van der Waals surface area contributed by atoms with Crippen LogP contribution in [-0.2, 0) is 0 Å². The van der Waals surface area contributed by atoms with Gasteiger partial charge >= 0.3 is 0 Å². The first-order valence-corrected chi connectivity index (χ1v) is 8.15. The summed E-state index contributed by atoms with van der Waals surface area (Å²) < 4.78 is 12.6. The fourth-order valence-corrected chi connectivity index (χ4v) is 4.21. The second kappa shape index (κ2) is 5.76. The number of ether oxygens (including phenoxy) is 2. The van der Waals surface area contributed by atoms with E-state index in [2.05, 4.69) is 38.8 Å². The standard InChI is InChI=1S/C15H16BrNO2S/c1-17-12-8-14(15-11(16)5-6-20-15)19-13-7-9(18-2)3-4-10(12)13/h3-7,12,14,17H,8H2,1-2H3. The second-order valence-corrected chi connectivity index (χ2v) is 6.52. The van der Waals surface area contributed by atoms with E-state index >= 15 is 0 Å². The summed E-state index contributed by atoms with van der Waals surface area (Å²) in [4.78, 5) is 1.23. The maximum absolute atomic E-state index is 6.19. The van der Waals surface area contributed by atoms with Crippen molar-refractivity contribution in [3.63, 3.8) is 0 Å². The van der Waals surface area contributed by atoms with Crippen molar-refractivity contribution in [1.82, 2.24) is 5.32 Å². The lowest BCUT2D eigenvalue weighted by Gasteiger charge is -2.32. The molecule has 0 radical (unpaired) electrons. The van der Waals surface area contributed by atoms with E-state index in [0.29, 0.717) is 6.04 Å². The summed E-state index contributed by atoms with van der Waals surface area (Å²) in [6.45, 7) is 0. The van der Waals surface area contributed by atoms with Crippen LogP contribution < -0.4 is 14.8 Å². The largest absolute Gasteiger partial charge is 0.497 e. The van der Waals surface area contributed by atoms with E-state index in [1.165, 1.54) is 10.4 Å². The summed E-state index contributed by atoms with van der Waals surface area (Å²) in [5.41, 5.74) is 1.19. The third-order valence-electron chi connectivity index (χ3n) is 3.60. The van der Waals surface area contributed by atoms with E-state index in [0.717, 1.165) is 22.4 Å². The highest BCUT2D eigenvalue weighted by molar-refractivity contribution is 9.10. The van der Waals surface area contributed by atoms with Gasteiger partial charge in [-0.15, -0.1) is 11.3 Å². The van der Waals surface area contributed by atoms with Gasteiger partial charge in [-0.1, -0.05) is 6.07 Å². The molecule has 1 aromatic carbocycles. The average Bonchev–Trinajstić information content (AvgIpc) is 2.91. The zero-order valence-electron chi connectivity index (χ0n) is 11.4. The van der Waals surface area contributed by atoms with Gasteiger partial charge < -0.3 is 14.8 Å². The van der Waals surface area contributed by atoms with Crippen LogP contribution in [0.3, 0.4) is 0 Å². The molecule has 0 spiro atoms. The lowest BCUT2D eigenvalue weighted by Crippen LogP contribution is -2.26. The number of hydrogen-bond donors (Lipinski definition) is 1. The molecule has 0 saturated carbocycles. The molecule has 1 aliphatic rings. The van der Waals surface area contributed by atoms with E-state index in [1.54, 1.807) is 18.4 Å². The molecular formula is C15H16BrNO2S. The monoisotopic (exact) mass is 353 g/mol.